The molecule has 22 heavy (non-hydrogen) atoms. The first-order valence-corrected chi connectivity index (χ1v) is 7.97. The Morgan fingerprint density at radius 1 is 1.23 bits per heavy atom. The van der Waals surface area contributed by atoms with Crippen molar-refractivity contribution in [3.05, 3.63) is 34.3 Å². The quantitative estimate of drug-likeness (QED) is 0.700. The van der Waals surface area contributed by atoms with Gasteiger partial charge in [-0.2, -0.15) is 0 Å². The minimum atomic E-state index is -1.09. The zero-order valence-electron chi connectivity index (χ0n) is 12.5. The second-order valence-corrected chi connectivity index (χ2v) is 6.06. The van der Waals surface area contributed by atoms with Crippen molar-refractivity contribution in [1.29, 1.82) is 0 Å². The number of hydrogen-bond donors (Lipinski definition) is 2. The van der Waals surface area contributed by atoms with Gasteiger partial charge in [-0.3, -0.25) is 14.4 Å². The van der Waals surface area contributed by atoms with Gasteiger partial charge >= 0.3 is 5.97 Å². The molecule has 1 amide bonds. The molecular weight excluding hydrogens is 350 g/mol. The van der Waals surface area contributed by atoms with E-state index in [4.69, 9.17) is 5.11 Å². The van der Waals surface area contributed by atoms with Crippen LogP contribution in [0.5, 0.6) is 0 Å². The zero-order valence-corrected chi connectivity index (χ0v) is 14.1. The number of carbonyl (C=O) groups is 3. The highest BCUT2D eigenvalue weighted by molar-refractivity contribution is 9.10. The van der Waals surface area contributed by atoms with Crippen LogP contribution in [0.15, 0.2) is 28.7 Å². The Morgan fingerprint density at radius 2 is 1.86 bits per heavy atom. The van der Waals surface area contributed by atoms with Gasteiger partial charge in [0.15, 0.2) is 0 Å². The van der Waals surface area contributed by atoms with Crippen molar-refractivity contribution in [1.82, 2.24) is 5.32 Å². The van der Waals surface area contributed by atoms with Crippen molar-refractivity contribution >= 4 is 33.6 Å². The van der Waals surface area contributed by atoms with Crippen molar-refractivity contribution in [3.63, 3.8) is 0 Å². The van der Waals surface area contributed by atoms with Crippen molar-refractivity contribution in [3.8, 4) is 0 Å². The fourth-order valence-electron chi connectivity index (χ4n) is 2.16. The van der Waals surface area contributed by atoms with E-state index in [1.807, 2.05) is 31.2 Å². The number of nitrogens with one attached hydrogen (secondary N) is 1. The number of carbonyl (C=O) groups excluding carboxylic acids is 2. The molecule has 0 saturated carbocycles. The number of rotatable bonds is 9. The maximum Gasteiger partial charge on any atom is 0.322 e. The molecule has 0 aliphatic heterocycles. The van der Waals surface area contributed by atoms with E-state index in [1.165, 1.54) is 0 Å². The molecule has 0 heterocycles. The van der Waals surface area contributed by atoms with Gasteiger partial charge in [-0.1, -0.05) is 41.4 Å². The Labute approximate surface area is 138 Å². The third-order valence-corrected chi connectivity index (χ3v) is 3.74. The monoisotopic (exact) mass is 369 g/mol. The molecule has 1 atom stereocenters. The smallest absolute Gasteiger partial charge is 0.322 e. The van der Waals surface area contributed by atoms with Gasteiger partial charge in [-0.15, -0.1) is 0 Å². The summed E-state index contributed by atoms with van der Waals surface area (Å²) < 4.78 is 0.945. The molecule has 6 heteroatoms. The van der Waals surface area contributed by atoms with Gasteiger partial charge in [-0.05, 0) is 24.1 Å². The number of carboxylic acid groups (broad SMARTS) is 1. The van der Waals surface area contributed by atoms with E-state index >= 15 is 0 Å². The number of benzene rings is 1. The normalized spacial score (nSPS) is 11.7. The molecule has 2 N–H and O–H groups in total. The number of ketones is 1. The van der Waals surface area contributed by atoms with Crippen molar-refractivity contribution in [2.75, 3.05) is 6.54 Å². The molecule has 0 radical (unpaired) electrons. The number of hydrogen-bond acceptors (Lipinski definition) is 3. The van der Waals surface area contributed by atoms with Gasteiger partial charge in [0.2, 0.25) is 5.91 Å². The van der Waals surface area contributed by atoms with Crippen LogP contribution < -0.4 is 5.32 Å². The number of halogens is 1. The number of carboxylic acids is 1. The van der Waals surface area contributed by atoms with Crippen LogP contribution in [-0.2, 0) is 20.8 Å². The Hall–Kier alpha value is -1.69. The summed E-state index contributed by atoms with van der Waals surface area (Å²) in [4.78, 5) is 34.5. The predicted molar refractivity (Wildman–Crippen MR) is 86.5 cm³/mol. The first kappa shape index (κ1) is 18.4. The largest absolute Gasteiger partial charge is 0.480 e. The van der Waals surface area contributed by atoms with Crippen LogP contribution >= 0.6 is 15.9 Å². The van der Waals surface area contributed by atoms with Gasteiger partial charge in [-0.25, -0.2) is 0 Å². The molecule has 0 unspecified atom stereocenters. The maximum absolute atomic E-state index is 12.1. The van der Waals surface area contributed by atoms with Gasteiger partial charge in [0, 0.05) is 23.2 Å². The lowest BCUT2D eigenvalue weighted by atomic mass is 9.94. The lowest BCUT2D eigenvalue weighted by Crippen LogP contribution is -2.35. The Morgan fingerprint density at radius 3 is 2.41 bits per heavy atom. The molecule has 0 aliphatic carbocycles. The second-order valence-electron chi connectivity index (χ2n) is 5.14. The average Bonchev–Trinajstić information content (AvgIpc) is 2.46. The number of Topliss-reactive ketones (excluding diaryl/α,β-unsaturated/α-hetero) is 1. The van der Waals surface area contributed by atoms with Crippen molar-refractivity contribution in [2.45, 2.75) is 32.6 Å². The van der Waals surface area contributed by atoms with Crippen LogP contribution in [0.25, 0.3) is 0 Å². The predicted octanol–water partition coefficient (Wildman–Crippen LogP) is 2.57. The Balaban J connectivity index is 2.57. The molecule has 0 saturated heterocycles. The molecule has 0 fully saturated rings. The lowest BCUT2D eigenvalue weighted by molar-refractivity contribution is -0.138. The average molecular weight is 370 g/mol. The first-order valence-electron chi connectivity index (χ1n) is 7.18. The standard InChI is InChI=1S/C16H20BrNO4/c1-2-3-12(16(22)18-10-15(20)21)9-14(19)8-11-4-6-13(17)7-5-11/h4-7,12H,2-3,8-10H2,1H3,(H,18,22)(H,20,21)/t12-/m1/s1. The van der Waals surface area contributed by atoms with Crippen LogP contribution in [0, 0.1) is 5.92 Å². The Kier molecular flexibility index (Phi) is 7.80. The molecule has 5 nitrogen and oxygen atoms in total. The van der Waals surface area contributed by atoms with Gasteiger partial charge in [0.25, 0.3) is 0 Å². The third-order valence-electron chi connectivity index (χ3n) is 3.21. The SMILES string of the molecule is CCC[C@H](CC(=O)Cc1ccc(Br)cc1)C(=O)NCC(=O)O. The summed E-state index contributed by atoms with van der Waals surface area (Å²) in [5.74, 6) is -1.95. The summed E-state index contributed by atoms with van der Waals surface area (Å²) in [6.45, 7) is 1.51. The van der Waals surface area contributed by atoms with E-state index in [1.54, 1.807) is 0 Å². The zero-order chi connectivity index (χ0) is 16.5. The maximum atomic E-state index is 12.1. The summed E-state index contributed by atoms with van der Waals surface area (Å²) in [5.41, 5.74) is 0.898. The molecule has 1 aromatic rings. The van der Waals surface area contributed by atoms with Crippen LogP contribution in [-0.4, -0.2) is 29.3 Å². The van der Waals surface area contributed by atoms with Crippen LogP contribution in [0.4, 0.5) is 0 Å². The van der Waals surface area contributed by atoms with Crippen LogP contribution in [0.3, 0.4) is 0 Å². The van der Waals surface area contributed by atoms with E-state index in [0.717, 1.165) is 16.5 Å². The third kappa shape index (κ3) is 6.85. The fourth-order valence-corrected chi connectivity index (χ4v) is 2.42. The molecule has 0 bridgehead atoms. The van der Waals surface area contributed by atoms with Gasteiger partial charge < -0.3 is 10.4 Å². The highest BCUT2D eigenvalue weighted by Crippen LogP contribution is 2.16. The lowest BCUT2D eigenvalue weighted by Gasteiger charge is -2.14. The van der Waals surface area contributed by atoms with Gasteiger partial charge in [0.1, 0.15) is 12.3 Å². The molecule has 1 aromatic carbocycles. The minimum absolute atomic E-state index is 0.0220. The molecule has 1 rings (SSSR count). The van der Waals surface area contributed by atoms with E-state index < -0.39 is 18.4 Å². The fraction of sp³-hybridized carbons (Fsp3) is 0.438. The van der Waals surface area contributed by atoms with E-state index in [-0.39, 0.29) is 24.5 Å². The summed E-state index contributed by atoms with van der Waals surface area (Å²) in [6, 6.07) is 7.46. The van der Waals surface area contributed by atoms with Crippen molar-refractivity contribution < 1.29 is 19.5 Å². The second kappa shape index (κ2) is 9.35. The highest BCUT2D eigenvalue weighted by atomic mass is 79.9. The topological polar surface area (TPSA) is 83.5 Å². The Bertz CT molecular complexity index is 527. The molecule has 0 spiro atoms. The number of amides is 1. The van der Waals surface area contributed by atoms with Crippen LogP contribution in [0.2, 0.25) is 0 Å². The molecule has 0 aliphatic rings. The summed E-state index contributed by atoms with van der Waals surface area (Å²) in [6.07, 6.45) is 1.74. The minimum Gasteiger partial charge on any atom is -0.480 e. The molecular formula is C16H20BrNO4. The molecule has 120 valence electrons. The summed E-state index contributed by atoms with van der Waals surface area (Å²) >= 11 is 3.33. The van der Waals surface area contributed by atoms with Crippen molar-refractivity contribution in [2.24, 2.45) is 5.92 Å². The van der Waals surface area contributed by atoms with E-state index in [9.17, 15) is 14.4 Å². The van der Waals surface area contributed by atoms with E-state index in [2.05, 4.69) is 21.2 Å². The number of aliphatic carboxylic acids is 1. The van der Waals surface area contributed by atoms with Crippen LogP contribution in [0.1, 0.15) is 31.7 Å². The summed E-state index contributed by atoms with van der Waals surface area (Å²) in [5, 5.41) is 10.9. The highest BCUT2D eigenvalue weighted by Gasteiger charge is 2.21. The van der Waals surface area contributed by atoms with E-state index in [0.29, 0.717) is 6.42 Å². The first-order chi connectivity index (χ1) is 10.4. The molecule has 0 aromatic heterocycles. The van der Waals surface area contributed by atoms with Gasteiger partial charge in [0.05, 0.1) is 0 Å². The summed E-state index contributed by atoms with van der Waals surface area (Å²) in [7, 11) is 0.